The Kier molecular flexibility index (Phi) is 4.63. The zero-order valence-corrected chi connectivity index (χ0v) is 12.9. The Bertz CT molecular complexity index is 725. The SMILES string of the molecule is COCC(C)(O)CNS(=O)(=O)c1ccc2ccccc2c1. The molecule has 0 saturated carbocycles. The van der Waals surface area contributed by atoms with Crippen LogP contribution in [0.3, 0.4) is 0 Å². The van der Waals surface area contributed by atoms with Crippen LogP contribution < -0.4 is 4.72 Å². The third-order valence-electron chi connectivity index (χ3n) is 3.13. The van der Waals surface area contributed by atoms with Crippen molar-refractivity contribution in [3.8, 4) is 0 Å². The summed E-state index contributed by atoms with van der Waals surface area (Å²) in [6.45, 7) is 1.45. The van der Waals surface area contributed by atoms with E-state index in [1.807, 2.05) is 24.3 Å². The fourth-order valence-corrected chi connectivity index (χ4v) is 3.23. The van der Waals surface area contributed by atoms with Gasteiger partial charge >= 0.3 is 0 Å². The average Bonchev–Trinajstić information content (AvgIpc) is 2.45. The van der Waals surface area contributed by atoms with Crippen LogP contribution in [-0.2, 0) is 14.8 Å². The molecule has 2 N–H and O–H groups in total. The van der Waals surface area contributed by atoms with Gasteiger partial charge in [0.15, 0.2) is 0 Å². The first-order valence-electron chi connectivity index (χ1n) is 6.54. The van der Waals surface area contributed by atoms with Crippen LogP contribution in [-0.4, -0.2) is 39.4 Å². The van der Waals surface area contributed by atoms with Gasteiger partial charge in [0.05, 0.1) is 17.1 Å². The highest BCUT2D eigenvalue weighted by atomic mass is 32.2. The fraction of sp³-hybridized carbons (Fsp3) is 0.333. The van der Waals surface area contributed by atoms with Crippen LogP contribution in [0.5, 0.6) is 0 Å². The molecule has 1 atom stereocenters. The summed E-state index contributed by atoms with van der Waals surface area (Å²) in [4.78, 5) is 0.175. The molecule has 0 aliphatic rings. The zero-order valence-electron chi connectivity index (χ0n) is 12.0. The van der Waals surface area contributed by atoms with E-state index in [0.29, 0.717) is 0 Å². The first-order chi connectivity index (χ1) is 9.84. The molecule has 114 valence electrons. The van der Waals surface area contributed by atoms with Gasteiger partial charge in [-0.2, -0.15) is 0 Å². The van der Waals surface area contributed by atoms with Gasteiger partial charge in [0.1, 0.15) is 0 Å². The van der Waals surface area contributed by atoms with E-state index < -0.39 is 15.6 Å². The maximum Gasteiger partial charge on any atom is 0.240 e. The predicted molar refractivity (Wildman–Crippen MR) is 81.6 cm³/mol. The molecule has 0 amide bonds. The highest BCUT2D eigenvalue weighted by Crippen LogP contribution is 2.19. The Morgan fingerprint density at radius 1 is 1.19 bits per heavy atom. The number of fused-ring (bicyclic) bond motifs is 1. The van der Waals surface area contributed by atoms with E-state index in [-0.39, 0.29) is 18.0 Å². The Labute approximate surface area is 124 Å². The van der Waals surface area contributed by atoms with Crippen molar-refractivity contribution < 1.29 is 18.3 Å². The molecular weight excluding hydrogens is 290 g/mol. The molecule has 6 heteroatoms. The van der Waals surface area contributed by atoms with Crippen molar-refractivity contribution in [2.75, 3.05) is 20.3 Å². The lowest BCUT2D eigenvalue weighted by Crippen LogP contribution is -2.43. The minimum absolute atomic E-state index is 0.0488. The quantitative estimate of drug-likeness (QED) is 0.848. The Balaban J connectivity index is 2.21. The summed E-state index contributed by atoms with van der Waals surface area (Å²) < 4.78 is 31.8. The fourth-order valence-electron chi connectivity index (χ4n) is 2.03. The molecule has 0 fully saturated rings. The van der Waals surface area contributed by atoms with Crippen molar-refractivity contribution in [2.24, 2.45) is 0 Å². The second-order valence-electron chi connectivity index (χ2n) is 5.26. The Morgan fingerprint density at radius 2 is 1.86 bits per heavy atom. The summed E-state index contributed by atoms with van der Waals surface area (Å²) in [7, 11) is -2.22. The molecule has 0 radical (unpaired) electrons. The van der Waals surface area contributed by atoms with Gasteiger partial charge in [-0.3, -0.25) is 0 Å². The summed E-state index contributed by atoms with van der Waals surface area (Å²) in [5.74, 6) is 0. The molecule has 0 saturated heterocycles. The van der Waals surface area contributed by atoms with E-state index in [2.05, 4.69) is 4.72 Å². The van der Waals surface area contributed by atoms with Crippen LogP contribution in [0, 0.1) is 0 Å². The third kappa shape index (κ3) is 4.01. The second-order valence-corrected chi connectivity index (χ2v) is 7.03. The molecule has 0 aliphatic heterocycles. The minimum Gasteiger partial charge on any atom is -0.386 e. The number of sulfonamides is 1. The monoisotopic (exact) mass is 309 g/mol. The second kappa shape index (κ2) is 6.11. The van der Waals surface area contributed by atoms with Crippen LogP contribution in [0.15, 0.2) is 47.4 Å². The van der Waals surface area contributed by atoms with Gasteiger partial charge < -0.3 is 9.84 Å². The summed E-state index contributed by atoms with van der Waals surface area (Å²) in [6, 6.07) is 12.5. The van der Waals surface area contributed by atoms with E-state index in [0.717, 1.165) is 10.8 Å². The maximum absolute atomic E-state index is 12.3. The Morgan fingerprint density at radius 3 is 2.52 bits per heavy atom. The summed E-state index contributed by atoms with van der Waals surface area (Å²) in [6.07, 6.45) is 0. The van der Waals surface area contributed by atoms with Crippen molar-refractivity contribution in [1.29, 1.82) is 0 Å². The molecule has 0 aromatic heterocycles. The van der Waals surface area contributed by atoms with Crippen LogP contribution in [0.25, 0.3) is 10.8 Å². The number of methoxy groups -OCH3 is 1. The van der Waals surface area contributed by atoms with E-state index in [9.17, 15) is 13.5 Å². The normalized spacial score (nSPS) is 15.0. The Hall–Kier alpha value is -1.47. The molecule has 0 heterocycles. The topological polar surface area (TPSA) is 75.6 Å². The number of nitrogens with one attached hydrogen (secondary N) is 1. The summed E-state index contributed by atoms with van der Waals surface area (Å²) >= 11 is 0. The molecule has 21 heavy (non-hydrogen) atoms. The maximum atomic E-state index is 12.3. The first kappa shape index (κ1) is 15.9. The van der Waals surface area contributed by atoms with Gasteiger partial charge in [0, 0.05) is 13.7 Å². The van der Waals surface area contributed by atoms with Crippen molar-refractivity contribution >= 4 is 20.8 Å². The molecule has 0 bridgehead atoms. The number of hydrogen-bond acceptors (Lipinski definition) is 4. The van der Waals surface area contributed by atoms with E-state index in [4.69, 9.17) is 4.74 Å². The lowest BCUT2D eigenvalue weighted by Gasteiger charge is -2.22. The number of ether oxygens (including phenoxy) is 1. The smallest absolute Gasteiger partial charge is 0.240 e. The van der Waals surface area contributed by atoms with Crippen molar-refractivity contribution in [3.05, 3.63) is 42.5 Å². The van der Waals surface area contributed by atoms with Gasteiger partial charge in [-0.1, -0.05) is 30.3 Å². The van der Waals surface area contributed by atoms with Gasteiger partial charge in [-0.15, -0.1) is 0 Å². The number of aliphatic hydroxyl groups is 1. The number of hydrogen-bond donors (Lipinski definition) is 2. The molecule has 2 rings (SSSR count). The zero-order chi connectivity index (χ0) is 15.5. The van der Waals surface area contributed by atoms with Gasteiger partial charge in [-0.05, 0) is 29.8 Å². The lowest BCUT2D eigenvalue weighted by molar-refractivity contribution is -0.0119. The molecule has 5 nitrogen and oxygen atoms in total. The molecule has 2 aromatic carbocycles. The van der Waals surface area contributed by atoms with Gasteiger partial charge in [0.2, 0.25) is 10.0 Å². The molecule has 1 unspecified atom stereocenters. The highest BCUT2D eigenvalue weighted by Gasteiger charge is 2.24. The highest BCUT2D eigenvalue weighted by molar-refractivity contribution is 7.89. The minimum atomic E-state index is -3.67. The number of benzene rings is 2. The van der Waals surface area contributed by atoms with E-state index in [1.54, 1.807) is 18.2 Å². The van der Waals surface area contributed by atoms with Gasteiger partial charge in [-0.25, -0.2) is 13.1 Å². The molecule has 2 aromatic rings. The van der Waals surface area contributed by atoms with Crippen LogP contribution in [0.2, 0.25) is 0 Å². The lowest BCUT2D eigenvalue weighted by atomic mass is 10.1. The van der Waals surface area contributed by atoms with Crippen molar-refractivity contribution in [2.45, 2.75) is 17.4 Å². The van der Waals surface area contributed by atoms with Crippen LogP contribution in [0.1, 0.15) is 6.92 Å². The first-order valence-corrected chi connectivity index (χ1v) is 8.02. The van der Waals surface area contributed by atoms with Crippen LogP contribution >= 0.6 is 0 Å². The van der Waals surface area contributed by atoms with E-state index in [1.165, 1.54) is 14.0 Å². The summed E-state index contributed by atoms with van der Waals surface area (Å²) in [5, 5.41) is 11.8. The molecular formula is C15H19NO4S. The molecule has 0 spiro atoms. The third-order valence-corrected chi connectivity index (χ3v) is 4.53. The van der Waals surface area contributed by atoms with E-state index >= 15 is 0 Å². The van der Waals surface area contributed by atoms with Crippen molar-refractivity contribution in [1.82, 2.24) is 4.72 Å². The van der Waals surface area contributed by atoms with Crippen molar-refractivity contribution in [3.63, 3.8) is 0 Å². The molecule has 0 aliphatic carbocycles. The predicted octanol–water partition coefficient (Wildman–Crippen LogP) is 1.52. The average molecular weight is 309 g/mol. The standard InChI is InChI=1S/C15H19NO4S/c1-15(17,11-20-2)10-16-21(18,19)14-8-7-12-5-3-4-6-13(12)9-14/h3-9,16-17H,10-11H2,1-2H3. The van der Waals surface area contributed by atoms with Crippen LogP contribution in [0.4, 0.5) is 0 Å². The summed E-state index contributed by atoms with van der Waals surface area (Å²) in [5.41, 5.74) is -1.25. The largest absolute Gasteiger partial charge is 0.386 e. The number of rotatable bonds is 6. The van der Waals surface area contributed by atoms with Gasteiger partial charge in [0.25, 0.3) is 0 Å².